The molecule has 2 nitrogen and oxygen atoms in total. The zero-order valence-electron chi connectivity index (χ0n) is 12.9. The minimum absolute atomic E-state index is 0.634. The highest BCUT2D eigenvalue weighted by Gasteiger charge is 2.20. The minimum Gasteiger partial charge on any atom is -0.371 e. The van der Waals surface area contributed by atoms with Gasteiger partial charge >= 0.3 is 0 Å². The molecule has 1 saturated carbocycles. The zero-order chi connectivity index (χ0) is 14.4. The summed E-state index contributed by atoms with van der Waals surface area (Å²) in [4.78, 5) is 3.85. The number of rotatable bonds is 5. The summed E-state index contributed by atoms with van der Waals surface area (Å²) in [6.07, 6.45) is 8.20. The molecule has 2 N–H and O–H groups in total. The maximum atomic E-state index is 6.04. The molecule has 0 spiro atoms. The van der Waals surface area contributed by atoms with Gasteiger partial charge in [-0.1, -0.05) is 38.7 Å². The van der Waals surface area contributed by atoms with Gasteiger partial charge < -0.3 is 10.6 Å². The van der Waals surface area contributed by atoms with Crippen molar-refractivity contribution in [3.8, 4) is 0 Å². The van der Waals surface area contributed by atoms with Gasteiger partial charge in [-0.25, -0.2) is 0 Å². The number of nitrogens with zero attached hydrogens (tertiary/aromatic N) is 1. The molecule has 3 heteroatoms. The molecule has 1 aliphatic carbocycles. The van der Waals surface area contributed by atoms with Crippen LogP contribution in [0.25, 0.3) is 0 Å². The molecule has 0 heterocycles. The number of thioether (sulfide) groups is 1. The number of hydrogen-bond donors (Lipinski definition) is 1. The molecular weight excluding hydrogens is 264 g/mol. The molecule has 20 heavy (non-hydrogen) atoms. The van der Waals surface area contributed by atoms with Gasteiger partial charge in [0.1, 0.15) is 0 Å². The molecule has 0 atom stereocenters. The van der Waals surface area contributed by atoms with Gasteiger partial charge in [0.15, 0.2) is 0 Å². The van der Waals surface area contributed by atoms with Gasteiger partial charge in [-0.05, 0) is 30.7 Å². The van der Waals surface area contributed by atoms with Crippen LogP contribution in [-0.4, -0.2) is 18.8 Å². The molecule has 0 aromatic heterocycles. The third-order valence-corrected chi connectivity index (χ3v) is 5.35. The Kier molecular flexibility index (Phi) is 6.24. The molecule has 1 fully saturated rings. The Morgan fingerprint density at radius 2 is 1.90 bits per heavy atom. The lowest BCUT2D eigenvalue weighted by Crippen LogP contribution is -2.32. The molecule has 0 unspecified atom stereocenters. The largest absolute Gasteiger partial charge is 0.371 e. The van der Waals surface area contributed by atoms with E-state index in [9.17, 15) is 0 Å². The van der Waals surface area contributed by atoms with Crippen molar-refractivity contribution < 1.29 is 0 Å². The van der Waals surface area contributed by atoms with E-state index in [2.05, 4.69) is 37.1 Å². The summed E-state index contributed by atoms with van der Waals surface area (Å²) in [7, 11) is 2.25. The van der Waals surface area contributed by atoms with Crippen LogP contribution in [0.5, 0.6) is 0 Å². The van der Waals surface area contributed by atoms with Crippen LogP contribution in [0.15, 0.2) is 23.1 Å². The van der Waals surface area contributed by atoms with E-state index in [0.717, 1.165) is 5.75 Å². The lowest BCUT2D eigenvalue weighted by molar-refractivity contribution is 0.551. The summed E-state index contributed by atoms with van der Waals surface area (Å²) in [5, 5.41) is 0. The Hall–Kier alpha value is -0.670. The highest BCUT2D eigenvalue weighted by atomic mass is 32.2. The maximum Gasteiger partial charge on any atom is 0.0422 e. The van der Waals surface area contributed by atoms with Crippen LogP contribution >= 0.6 is 11.8 Å². The standard InChI is InChI=1S/C17H28N2S/c1-3-20-17-12-8-11-16(15(17)13-18)19(2)14-9-6-4-5-7-10-14/h8,11-12,14H,3-7,9-10,13,18H2,1-2H3. The number of anilines is 1. The van der Waals surface area contributed by atoms with E-state index in [4.69, 9.17) is 5.73 Å². The summed E-state index contributed by atoms with van der Waals surface area (Å²) in [6.45, 7) is 2.84. The molecule has 0 saturated heterocycles. The van der Waals surface area contributed by atoms with Gasteiger partial charge in [-0.15, -0.1) is 11.8 Å². The SMILES string of the molecule is CCSc1cccc(N(C)C2CCCCCC2)c1CN. The fraction of sp³-hybridized carbons (Fsp3) is 0.647. The van der Waals surface area contributed by atoms with E-state index in [-0.39, 0.29) is 0 Å². The molecule has 0 bridgehead atoms. The van der Waals surface area contributed by atoms with Crippen LogP contribution in [0, 0.1) is 0 Å². The van der Waals surface area contributed by atoms with Crippen molar-refractivity contribution >= 4 is 17.4 Å². The minimum atomic E-state index is 0.634. The van der Waals surface area contributed by atoms with Crippen molar-refractivity contribution in [3.05, 3.63) is 23.8 Å². The molecule has 1 aliphatic rings. The first-order chi connectivity index (χ1) is 9.77. The van der Waals surface area contributed by atoms with Crippen molar-refractivity contribution in [1.82, 2.24) is 0 Å². The quantitative estimate of drug-likeness (QED) is 0.643. The maximum absolute atomic E-state index is 6.04. The van der Waals surface area contributed by atoms with Crippen LogP contribution in [0.3, 0.4) is 0 Å². The van der Waals surface area contributed by atoms with E-state index >= 15 is 0 Å². The fourth-order valence-electron chi connectivity index (χ4n) is 3.22. The van der Waals surface area contributed by atoms with E-state index in [1.807, 2.05) is 11.8 Å². The highest BCUT2D eigenvalue weighted by molar-refractivity contribution is 7.99. The lowest BCUT2D eigenvalue weighted by Gasteiger charge is -2.31. The summed E-state index contributed by atoms with van der Waals surface area (Å²) in [6, 6.07) is 7.32. The molecule has 0 amide bonds. The lowest BCUT2D eigenvalue weighted by atomic mass is 10.0. The monoisotopic (exact) mass is 292 g/mol. The Morgan fingerprint density at radius 3 is 2.50 bits per heavy atom. The van der Waals surface area contributed by atoms with E-state index in [1.165, 1.54) is 54.7 Å². The van der Waals surface area contributed by atoms with Gasteiger partial charge in [0.05, 0.1) is 0 Å². The van der Waals surface area contributed by atoms with Gasteiger partial charge in [0.25, 0.3) is 0 Å². The summed E-state index contributed by atoms with van der Waals surface area (Å²) in [5.41, 5.74) is 8.71. The molecule has 112 valence electrons. The zero-order valence-corrected chi connectivity index (χ0v) is 13.7. The van der Waals surface area contributed by atoms with E-state index in [1.54, 1.807) is 0 Å². The summed E-state index contributed by atoms with van der Waals surface area (Å²) in [5.74, 6) is 1.10. The molecule has 1 aromatic carbocycles. The van der Waals surface area contributed by atoms with Crippen molar-refractivity contribution in [2.75, 3.05) is 17.7 Å². The molecule has 1 aromatic rings. The van der Waals surface area contributed by atoms with Gasteiger partial charge in [-0.3, -0.25) is 0 Å². The second kappa shape index (κ2) is 7.94. The molecule has 0 aliphatic heterocycles. The first kappa shape index (κ1) is 15.7. The Morgan fingerprint density at radius 1 is 1.20 bits per heavy atom. The molecule has 2 rings (SSSR count). The van der Waals surface area contributed by atoms with Crippen molar-refractivity contribution in [2.45, 2.75) is 62.9 Å². The van der Waals surface area contributed by atoms with Crippen molar-refractivity contribution in [2.24, 2.45) is 5.73 Å². The predicted octanol–water partition coefficient (Wildman–Crippen LogP) is 4.42. The smallest absolute Gasteiger partial charge is 0.0422 e. The van der Waals surface area contributed by atoms with Gasteiger partial charge in [0.2, 0.25) is 0 Å². The average molecular weight is 292 g/mol. The topological polar surface area (TPSA) is 29.3 Å². The predicted molar refractivity (Wildman–Crippen MR) is 90.6 cm³/mol. The van der Waals surface area contributed by atoms with Crippen LogP contribution in [0.2, 0.25) is 0 Å². The Balaban J connectivity index is 2.23. The van der Waals surface area contributed by atoms with Crippen LogP contribution in [-0.2, 0) is 6.54 Å². The third kappa shape index (κ3) is 3.70. The fourth-order valence-corrected chi connectivity index (χ4v) is 4.07. The molecule has 0 radical (unpaired) electrons. The number of hydrogen-bond acceptors (Lipinski definition) is 3. The highest BCUT2D eigenvalue weighted by Crippen LogP contribution is 2.33. The normalized spacial score (nSPS) is 16.9. The summed E-state index contributed by atoms with van der Waals surface area (Å²) < 4.78 is 0. The van der Waals surface area contributed by atoms with E-state index in [0.29, 0.717) is 12.6 Å². The second-order valence-electron chi connectivity index (χ2n) is 5.65. The molecular formula is C17H28N2S. The van der Waals surface area contributed by atoms with Gasteiger partial charge in [-0.2, -0.15) is 0 Å². The van der Waals surface area contributed by atoms with Crippen molar-refractivity contribution in [1.29, 1.82) is 0 Å². The van der Waals surface area contributed by atoms with Crippen LogP contribution < -0.4 is 10.6 Å². The van der Waals surface area contributed by atoms with Gasteiger partial charge in [0, 0.05) is 35.8 Å². The average Bonchev–Trinajstić information content (AvgIpc) is 2.75. The van der Waals surface area contributed by atoms with Crippen LogP contribution in [0.1, 0.15) is 51.0 Å². The number of benzene rings is 1. The van der Waals surface area contributed by atoms with E-state index < -0.39 is 0 Å². The summed E-state index contributed by atoms with van der Waals surface area (Å²) >= 11 is 1.90. The first-order valence-corrected chi connectivity index (χ1v) is 8.94. The van der Waals surface area contributed by atoms with Crippen molar-refractivity contribution in [3.63, 3.8) is 0 Å². The number of nitrogens with two attached hydrogens (primary N) is 1. The Bertz CT molecular complexity index is 411. The second-order valence-corrected chi connectivity index (χ2v) is 6.95. The Labute approximate surface area is 128 Å². The first-order valence-electron chi connectivity index (χ1n) is 7.95. The van der Waals surface area contributed by atoms with Crippen LogP contribution in [0.4, 0.5) is 5.69 Å². The third-order valence-electron chi connectivity index (χ3n) is 4.36.